The summed E-state index contributed by atoms with van der Waals surface area (Å²) >= 11 is 1.82. The highest BCUT2D eigenvalue weighted by molar-refractivity contribution is 7.09. The van der Waals surface area contributed by atoms with E-state index in [1.807, 2.05) is 11.3 Å². The normalized spacial score (nSPS) is 25.9. The number of hydrogen-bond acceptors (Lipinski definition) is 4. The number of likely N-dealkylation sites (tertiary alicyclic amines) is 1. The van der Waals surface area contributed by atoms with E-state index in [2.05, 4.69) is 43.4 Å². The predicted molar refractivity (Wildman–Crippen MR) is 73.7 cm³/mol. The maximum absolute atomic E-state index is 4.85. The van der Waals surface area contributed by atoms with Crippen LogP contribution in [0.1, 0.15) is 43.8 Å². The zero-order valence-corrected chi connectivity index (χ0v) is 12.1. The average Bonchev–Trinajstić information content (AvgIpc) is 2.86. The summed E-state index contributed by atoms with van der Waals surface area (Å²) in [5.74, 6) is 0.526. The number of rotatable bonds is 4. The lowest BCUT2D eigenvalue weighted by Gasteiger charge is -2.27. The van der Waals surface area contributed by atoms with Gasteiger partial charge in [0, 0.05) is 18.5 Å². The molecule has 0 bridgehead atoms. The smallest absolute Gasteiger partial charge is 0.114 e. The van der Waals surface area contributed by atoms with Crippen molar-refractivity contribution >= 4 is 11.3 Å². The van der Waals surface area contributed by atoms with Crippen LogP contribution in [-0.2, 0) is 5.54 Å². The van der Waals surface area contributed by atoms with Gasteiger partial charge in [-0.1, -0.05) is 20.8 Å². The van der Waals surface area contributed by atoms with Crippen molar-refractivity contribution in [1.82, 2.24) is 15.2 Å². The fourth-order valence-corrected chi connectivity index (χ4v) is 3.68. The molecule has 96 valence electrons. The van der Waals surface area contributed by atoms with E-state index in [-0.39, 0.29) is 5.54 Å². The van der Waals surface area contributed by atoms with Crippen molar-refractivity contribution in [3.63, 3.8) is 0 Å². The summed E-state index contributed by atoms with van der Waals surface area (Å²) in [7, 11) is 2.19. The highest BCUT2D eigenvalue weighted by atomic mass is 32.1. The molecule has 2 heterocycles. The van der Waals surface area contributed by atoms with Gasteiger partial charge in [0.05, 0.1) is 11.2 Å². The summed E-state index contributed by atoms with van der Waals surface area (Å²) in [5, 5.41) is 7.15. The first-order valence-electron chi connectivity index (χ1n) is 6.47. The van der Waals surface area contributed by atoms with Crippen molar-refractivity contribution in [2.75, 3.05) is 26.7 Å². The molecule has 0 radical (unpaired) electrons. The zero-order valence-electron chi connectivity index (χ0n) is 11.3. The zero-order chi connectivity index (χ0) is 12.5. The summed E-state index contributed by atoms with van der Waals surface area (Å²) in [6.07, 6.45) is 1.17. The molecule has 1 aromatic heterocycles. The van der Waals surface area contributed by atoms with E-state index >= 15 is 0 Å². The maximum atomic E-state index is 4.85. The van der Waals surface area contributed by atoms with Crippen LogP contribution in [0, 0.1) is 0 Å². The number of thiazole rings is 1. The molecular formula is C13H23N3S. The van der Waals surface area contributed by atoms with Crippen LogP contribution in [0.2, 0.25) is 0 Å². The van der Waals surface area contributed by atoms with Crippen LogP contribution in [0.5, 0.6) is 0 Å². The Morgan fingerprint density at radius 2 is 2.35 bits per heavy atom. The molecule has 1 saturated heterocycles. The SMILES string of the molecule is CCNC1(c2nc(C(C)C)cs2)CCN(C)C1. The molecule has 3 nitrogen and oxygen atoms in total. The Bertz CT molecular complexity index is 370. The van der Waals surface area contributed by atoms with Crippen molar-refractivity contribution < 1.29 is 0 Å². The van der Waals surface area contributed by atoms with Crippen molar-refractivity contribution in [1.29, 1.82) is 0 Å². The number of likely N-dealkylation sites (N-methyl/N-ethyl adjacent to an activating group) is 2. The Kier molecular flexibility index (Phi) is 3.85. The minimum atomic E-state index is 0.0985. The Hall–Kier alpha value is -0.450. The lowest BCUT2D eigenvalue weighted by Crippen LogP contribution is -2.44. The molecule has 0 amide bonds. The van der Waals surface area contributed by atoms with Crippen LogP contribution in [0.15, 0.2) is 5.38 Å². The van der Waals surface area contributed by atoms with Crippen LogP contribution in [0.25, 0.3) is 0 Å². The Balaban J connectivity index is 2.26. The van der Waals surface area contributed by atoms with Gasteiger partial charge >= 0.3 is 0 Å². The van der Waals surface area contributed by atoms with Crippen LogP contribution in [0.3, 0.4) is 0 Å². The predicted octanol–water partition coefficient (Wildman–Crippen LogP) is 2.41. The Labute approximate surface area is 108 Å². The van der Waals surface area contributed by atoms with Gasteiger partial charge in [0.2, 0.25) is 0 Å². The van der Waals surface area contributed by atoms with E-state index in [1.165, 1.54) is 17.1 Å². The minimum Gasteiger partial charge on any atom is -0.305 e. The molecule has 1 fully saturated rings. The highest BCUT2D eigenvalue weighted by Gasteiger charge is 2.40. The molecule has 1 aliphatic heterocycles. The van der Waals surface area contributed by atoms with Gasteiger partial charge in [0.25, 0.3) is 0 Å². The van der Waals surface area contributed by atoms with Crippen LogP contribution >= 0.6 is 11.3 Å². The first kappa shape index (κ1) is 13.0. The van der Waals surface area contributed by atoms with Crippen molar-refractivity contribution in [3.8, 4) is 0 Å². The van der Waals surface area contributed by atoms with Gasteiger partial charge in [0.15, 0.2) is 0 Å². The molecule has 0 spiro atoms. The number of nitrogens with one attached hydrogen (secondary N) is 1. The summed E-state index contributed by atoms with van der Waals surface area (Å²) in [4.78, 5) is 7.23. The van der Waals surface area contributed by atoms with Crippen LogP contribution in [-0.4, -0.2) is 36.6 Å². The largest absolute Gasteiger partial charge is 0.305 e. The molecule has 1 aromatic rings. The maximum Gasteiger partial charge on any atom is 0.114 e. The lowest BCUT2D eigenvalue weighted by molar-refractivity contribution is 0.320. The fraction of sp³-hybridized carbons (Fsp3) is 0.769. The molecule has 0 saturated carbocycles. The monoisotopic (exact) mass is 253 g/mol. The number of aromatic nitrogens is 1. The molecule has 17 heavy (non-hydrogen) atoms. The quantitative estimate of drug-likeness (QED) is 0.893. The van der Waals surface area contributed by atoms with Crippen molar-refractivity contribution in [3.05, 3.63) is 16.1 Å². The third-order valence-electron chi connectivity index (χ3n) is 3.50. The van der Waals surface area contributed by atoms with Gasteiger partial charge in [0.1, 0.15) is 5.01 Å². The number of nitrogens with zero attached hydrogens (tertiary/aromatic N) is 2. The average molecular weight is 253 g/mol. The van der Waals surface area contributed by atoms with Crippen molar-refractivity contribution in [2.24, 2.45) is 0 Å². The van der Waals surface area contributed by atoms with E-state index in [1.54, 1.807) is 0 Å². The lowest BCUT2D eigenvalue weighted by atomic mass is 9.99. The molecule has 0 aromatic carbocycles. The van der Waals surface area contributed by atoms with E-state index in [4.69, 9.17) is 4.98 Å². The topological polar surface area (TPSA) is 28.2 Å². The molecule has 0 aliphatic carbocycles. The minimum absolute atomic E-state index is 0.0985. The summed E-state index contributed by atoms with van der Waals surface area (Å²) in [6, 6.07) is 0. The standard InChI is InChI=1S/C13H23N3S/c1-5-14-13(6-7-16(4)9-13)12-15-11(8-17-12)10(2)3/h8,10,14H,5-7,9H2,1-4H3. The fourth-order valence-electron chi connectivity index (χ4n) is 2.50. The van der Waals surface area contributed by atoms with Gasteiger partial charge in [-0.2, -0.15) is 0 Å². The van der Waals surface area contributed by atoms with E-state index in [0.29, 0.717) is 5.92 Å². The molecule has 2 rings (SSSR count). The second kappa shape index (κ2) is 5.04. The summed E-state index contributed by atoms with van der Waals surface area (Å²) in [5.41, 5.74) is 1.33. The highest BCUT2D eigenvalue weighted by Crippen LogP contribution is 2.34. The first-order valence-corrected chi connectivity index (χ1v) is 7.35. The van der Waals surface area contributed by atoms with Gasteiger partial charge in [-0.25, -0.2) is 4.98 Å². The summed E-state index contributed by atoms with van der Waals surface area (Å²) in [6.45, 7) is 9.83. The Morgan fingerprint density at radius 1 is 1.59 bits per heavy atom. The third kappa shape index (κ3) is 2.54. The molecule has 1 N–H and O–H groups in total. The molecule has 4 heteroatoms. The van der Waals surface area contributed by atoms with Crippen LogP contribution in [0.4, 0.5) is 0 Å². The molecular weight excluding hydrogens is 230 g/mol. The van der Waals surface area contributed by atoms with Gasteiger partial charge < -0.3 is 10.2 Å². The molecule has 1 unspecified atom stereocenters. The first-order chi connectivity index (χ1) is 8.07. The van der Waals surface area contributed by atoms with E-state index in [9.17, 15) is 0 Å². The van der Waals surface area contributed by atoms with E-state index in [0.717, 1.165) is 19.6 Å². The number of hydrogen-bond donors (Lipinski definition) is 1. The molecule has 1 aliphatic rings. The Morgan fingerprint density at radius 3 is 2.82 bits per heavy atom. The van der Waals surface area contributed by atoms with Gasteiger partial charge in [-0.3, -0.25) is 0 Å². The van der Waals surface area contributed by atoms with E-state index < -0.39 is 0 Å². The van der Waals surface area contributed by atoms with Crippen molar-refractivity contribution in [2.45, 2.75) is 38.6 Å². The second-order valence-corrected chi connectivity index (χ2v) is 6.19. The van der Waals surface area contributed by atoms with Gasteiger partial charge in [-0.05, 0) is 25.9 Å². The second-order valence-electron chi connectivity index (χ2n) is 5.33. The summed E-state index contributed by atoms with van der Waals surface area (Å²) < 4.78 is 0. The van der Waals surface area contributed by atoms with Gasteiger partial charge in [-0.15, -0.1) is 11.3 Å². The molecule has 1 atom stereocenters. The third-order valence-corrected chi connectivity index (χ3v) is 4.56. The van der Waals surface area contributed by atoms with Crippen LogP contribution < -0.4 is 5.32 Å².